The van der Waals surface area contributed by atoms with E-state index in [-0.39, 0.29) is 0 Å². The zero-order valence-corrected chi connectivity index (χ0v) is 9.09. The molecule has 3 nitrogen and oxygen atoms in total. The Morgan fingerprint density at radius 3 is 2.86 bits per heavy atom. The molecular weight excluding hydrogens is 214 g/mol. The average molecular weight is 223 g/mol. The molecule has 0 bridgehead atoms. The summed E-state index contributed by atoms with van der Waals surface area (Å²) in [6.07, 6.45) is 4.70. The van der Waals surface area contributed by atoms with Crippen molar-refractivity contribution in [3.63, 3.8) is 0 Å². The molecule has 0 saturated carbocycles. The maximum atomic E-state index is 3.98. The van der Waals surface area contributed by atoms with Crippen LogP contribution in [0.1, 0.15) is 5.56 Å². The minimum absolute atomic E-state index is 1.04. The molecule has 0 saturated heterocycles. The predicted molar refractivity (Wildman–Crippen MR) is 58.6 cm³/mol. The highest BCUT2D eigenvalue weighted by Gasteiger charge is 1.97. The van der Waals surface area contributed by atoms with Crippen molar-refractivity contribution in [3.05, 3.63) is 35.6 Å². The minimum Gasteiger partial charge on any atom is -0.265 e. The van der Waals surface area contributed by atoms with E-state index in [1.807, 2.05) is 24.5 Å². The molecule has 0 unspecified atom stereocenters. The summed E-state index contributed by atoms with van der Waals surface area (Å²) in [5.74, 6) is 1.04. The summed E-state index contributed by atoms with van der Waals surface area (Å²) in [5, 5.41) is 7.75. The van der Waals surface area contributed by atoms with Crippen LogP contribution in [-0.2, 0) is 6.42 Å². The highest BCUT2D eigenvalue weighted by atomic mass is 32.2. The van der Waals surface area contributed by atoms with Crippen LogP contribution in [0.25, 0.3) is 0 Å². The third-order valence-electron chi connectivity index (χ3n) is 1.71. The molecule has 0 aliphatic heterocycles. The van der Waals surface area contributed by atoms with Gasteiger partial charge in [-0.25, -0.2) is 0 Å². The summed E-state index contributed by atoms with van der Waals surface area (Å²) in [5.41, 5.74) is 3.08. The standard InChI is InChI=1S/C9H9N3S2/c1-4-10-5-2-8(1)3-6-13-9-12-11-7-14-9/h1-2,4-5,7H,3,6H2. The van der Waals surface area contributed by atoms with Crippen molar-refractivity contribution in [2.24, 2.45) is 0 Å². The lowest BCUT2D eigenvalue weighted by Crippen LogP contribution is -1.88. The van der Waals surface area contributed by atoms with Gasteiger partial charge in [0.05, 0.1) is 0 Å². The van der Waals surface area contributed by atoms with Crippen molar-refractivity contribution in [1.29, 1.82) is 0 Å². The monoisotopic (exact) mass is 223 g/mol. The Hall–Kier alpha value is -0.940. The van der Waals surface area contributed by atoms with Gasteiger partial charge in [-0.15, -0.1) is 10.2 Å². The first-order valence-electron chi connectivity index (χ1n) is 4.23. The lowest BCUT2D eigenvalue weighted by atomic mass is 10.2. The van der Waals surface area contributed by atoms with Crippen LogP contribution in [0.3, 0.4) is 0 Å². The molecule has 0 radical (unpaired) electrons. The molecule has 2 aromatic heterocycles. The van der Waals surface area contributed by atoms with Crippen LogP contribution in [0.2, 0.25) is 0 Å². The van der Waals surface area contributed by atoms with Crippen LogP contribution in [0, 0.1) is 0 Å². The van der Waals surface area contributed by atoms with Crippen molar-refractivity contribution >= 4 is 23.1 Å². The van der Waals surface area contributed by atoms with E-state index in [9.17, 15) is 0 Å². The average Bonchev–Trinajstić information content (AvgIpc) is 2.72. The molecule has 2 aromatic rings. The Morgan fingerprint density at radius 2 is 2.14 bits per heavy atom. The van der Waals surface area contributed by atoms with Gasteiger partial charge in [-0.2, -0.15) is 0 Å². The minimum atomic E-state index is 1.04. The summed E-state index contributed by atoms with van der Waals surface area (Å²) >= 11 is 3.33. The maximum absolute atomic E-state index is 3.98. The first kappa shape index (κ1) is 9.61. The molecule has 14 heavy (non-hydrogen) atoms. The number of thioether (sulfide) groups is 1. The van der Waals surface area contributed by atoms with Crippen LogP contribution in [0.4, 0.5) is 0 Å². The molecule has 0 aliphatic carbocycles. The maximum Gasteiger partial charge on any atom is 0.174 e. The molecule has 2 heterocycles. The number of aromatic nitrogens is 3. The fraction of sp³-hybridized carbons (Fsp3) is 0.222. The summed E-state index contributed by atoms with van der Waals surface area (Å²) in [6.45, 7) is 0. The SMILES string of the molecule is c1cc(CCSc2nncs2)ccn1. The molecule has 0 spiro atoms. The van der Waals surface area contributed by atoms with E-state index in [1.165, 1.54) is 5.56 Å². The van der Waals surface area contributed by atoms with Crippen LogP contribution in [0.15, 0.2) is 34.4 Å². The summed E-state index contributed by atoms with van der Waals surface area (Å²) in [7, 11) is 0. The predicted octanol–water partition coefficient (Wildman–Crippen LogP) is 2.27. The van der Waals surface area contributed by atoms with E-state index < -0.39 is 0 Å². The molecule has 0 amide bonds. The van der Waals surface area contributed by atoms with Gasteiger partial charge in [0, 0.05) is 18.1 Å². The largest absolute Gasteiger partial charge is 0.265 e. The van der Waals surface area contributed by atoms with Crippen LogP contribution in [-0.4, -0.2) is 20.9 Å². The quantitative estimate of drug-likeness (QED) is 0.745. The molecular formula is C9H9N3S2. The van der Waals surface area contributed by atoms with Gasteiger partial charge in [-0.3, -0.25) is 4.98 Å². The van der Waals surface area contributed by atoms with Gasteiger partial charge in [0.15, 0.2) is 4.34 Å². The van der Waals surface area contributed by atoms with Gasteiger partial charge in [0.1, 0.15) is 5.51 Å². The molecule has 0 aliphatic rings. The van der Waals surface area contributed by atoms with E-state index >= 15 is 0 Å². The second kappa shape index (κ2) is 5.07. The molecule has 0 N–H and O–H groups in total. The number of hydrogen-bond donors (Lipinski definition) is 0. The van der Waals surface area contributed by atoms with E-state index in [2.05, 4.69) is 15.2 Å². The number of nitrogens with zero attached hydrogens (tertiary/aromatic N) is 3. The highest BCUT2D eigenvalue weighted by Crippen LogP contribution is 2.19. The van der Waals surface area contributed by atoms with Gasteiger partial charge >= 0.3 is 0 Å². The number of aryl methyl sites for hydroxylation is 1. The second-order valence-corrected chi connectivity index (χ2v) is 4.83. The van der Waals surface area contributed by atoms with Crippen LogP contribution < -0.4 is 0 Å². The second-order valence-electron chi connectivity index (χ2n) is 2.66. The lowest BCUT2D eigenvalue weighted by Gasteiger charge is -1.97. The summed E-state index contributed by atoms with van der Waals surface area (Å²) < 4.78 is 1.04. The third-order valence-corrected chi connectivity index (χ3v) is 3.57. The van der Waals surface area contributed by atoms with Crippen LogP contribution >= 0.6 is 23.1 Å². The Balaban J connectivity index is 1.79. The molecule has 72 valence electrons. The van der Waals surface area contributed by atoms with E-state index in [0.29, 0.717) is 0 Å². The third kappa shape index (κ3) is 2.78. The lowest BCUT2D eigenvalue weighted by molar-refractivity contribution is 1.01. The first-order valence-corrected chi connectivity index (χ1v) is 6.09. The Labute approximate surface area is 90.6 Å². The fourth-order valence-electron chi connectivity index (χ4n) is 1.03. The number of rotatable bonds is 4. The van der Waals surface area contributed by atoms with E-state index in [0.717, 1.165) is 16.5 Å². The van der Waals surface area contributed by atoms with Crippen molar-refractivity contribution in [1.82, 2.24) is 15.2 Å². The molecule has 0 aromatic carbocycles. The Bertz CT molecular complexity index is 361. The van der Waals surface area contributed by atoms with Gasteiger partial charge in [-0.05, 0) is 24.1 Å². The zero-order chi connectivity index (χ0) is 9.64. The molecule has 0 atom stereocenters. The van der Waals surface area contributed by atoms with Gasteiger partial charge in [-0.1, -0.05) is 23.1 Å². The first-order chi connectivity index (χ1) is 6.95. The molecule has 2 rings (SSSR count). The normalized spacial score (nSPS) is 10.3. The zero-order valence-electron chi connectivity index (χ0n) is 7.46. The topological polar surface area (TPSA) is 38.7 Å². The number of pyridine rings is 1. The summed E-state index contributed by atoms with van der Waals surface area (Å²) in [6, 6.07) is 4.08. The van der Waals surface area contributed by atoms with Crippen molar-refractivity contribution < 1.29 is 0 Å². The van der Waals surface area contributed by atoms with Gasteiger partial charge < -0.3 is 0 Å². The van der Waals surface area contributed by atoms with Gasteiger partial charge in [0.25, 0.3) is 0 Å². The highest BCUT2D eigenvalue weighted by molar-refractivity contribution is 8.00. The Kier molecular flexibility index (Phi) is 3.48. The van der Waals surface area contributed by atoms with Crippen molar-refractivity contribution in [2.45, 2.75) is 10.8 Å². The van der Waals surface area contributed by atoms with Crippen molar-refractivity contribution in [3.8, 4) is 0 Å². The van der Waals surface area contributed by atoms with E-state index in [1.54, 1.807) is 28.6 Å². The van der Waals surface area contributed by atoms with Crippen molar-refractivity contribution in [2.75, 3.05) is 5.75 Å². The summed E-state index contributed by atoms with van der Waals surface area (Å²) in [4.78, 5) is 3.98. The smallest absolute Gasteiger partial charge is 0.174 e. The Morgan fingerprint density at radius 1 is 1.29 bits per heavy atom. The number of hydrogen-bond acceptors (Lipinski definition) is 5. The molecule has 5 heteroatoms. The van der Waals surface area contributed by atoms with Gasteiger partial charge in [0.2, 0.25) is 0 Å². The van der Waals surface area contributed by atoms with Crippen LogP contribution in [0.5, 0.6) is 0 Å². The molecule has 0 fully saturated rings. The van der Waals surface area contributed by atoms with E-state index in [4.69, 9.17) is 0 Å². The fourth-order valence-corrected chi connectivity index (χ4v) is 2.58.